The molecular weight excluding hydrogens is 544 g/mol. The summed E-state index contributed by atoms with van der Waals surface area (Å²) in [5, 5.41) is 20.5. The maximum absolute atomic E-state index is 12.4. The van der Waals surface area contributed by atoms with Gasteiger partial charge in [-0.3, -0.25) is 14.4 Å². The number of para-hydroxylation sites is 1. The quantitative estimate of drug-likeness (QED) is 0.186. The Balaban J connectivity index is 0.000000248. The lowest BCUT2D eigenvalue weighted by Gasteiger charge is -2.51. The zero-order chi connectivity index (χ0) is 30.1. The number of aryl methyl sites for hydroxylation is 1. The number of rotatable bonds is 7. The highest BCUT2D eigenvalue weighted by Gasteiger charge is 2.48. The Morgan fingerprint density at radius 3 is 2.20 bits per heavy atom. The first kappa shape index (κ1) is 33.2. The zero-order valence-electron chi connectivity index (χ0n) is 23.4. The number of hydrogen-bond acceptors (Lipinski definition) is 8. The molecule has 3 aromatic rings. The van der Waals surface area contributed by atoms with E-state index < -0.39 is 6.47 Å². The molecule has 1 aromatic heterocycles. The first-order valence-electron chi connectivity index (χ1n) is 13.3. The van der Waals surface area contributed by atoms with Crippen molar-refractivity contribution in [2.24, 2.45) is 5.92 Å². The van der Waals surface area contributed by atoms with Gasteiger partial charge in [-0.2, -0.15) is 0 Å². The van der Waals surface area contributed by atoms with Gasteiger partial charge < -0.3 is 29.5 Å². The van der Waals surface area contributed by atoms with Gasteiger partial charge in [0.25, 0.3) is 6.47 Å². The number of esters is 1. The van der Waals surface area contributed by atoms with Gasteiger partial charge in [0, 0.05) is 44.4 Å². The summed E-state index contributed by atoms with van der Waals surface area (Å²) < 4.78 is 6.26. The van der Waals surface area contributed by atoms with Crippen LogP contribution in [0.15, 0.2) is 72.1 Å². The largest absolute Gasteiger partial charge is 0.554 e. The molecule has 0 amide bonds. The SMILES string of the molecule is CC(=O)OC1C[N+]2(CC(=O)c3cccs3)CCC1CC2.Cc1ccc(CNc2ccccc2)cc1.O=CO.O=C[O-]. The Morgan fingerprint density at radius 2 is 1.66 bits per heavy atom. The molecular formula is C31H38N2O7S. The van der Waals surface area contributed by atoms with Crippen molar-refractivity contribution in [3.63, 3.8) is 0 Å². The van der Waals surface area contributed by atoms with Crippen molar-refractivity contribution < 1.29 is 38.6 Å². The van der Waals surface area contributed by atoms with Gasteiger partial charge in [-0.15, -0.1) is 11.3 Å². The van der Waals surface area contributed by atoms with E-state index in [4.69, 9.17) is 24.5 Å². The molecule has 41 heavy (non-hydrogen) atoms. The molecule has 0 spiro atoms. The number of anilines is 1. The summed E-state index contributed by atoms with van der Waals surface area (Å²) in [4.78, 5) is 41.0. The molecule has 0 aliphatic carbocycles. The minimum absolute atomic E-state index is 0.00568. The van der Waals surface area contributed by atoms with Gasteiger partial charge in [0.15, 0.2) is 6.10 Å². The van der Waals surface area contributed by atoms with Crippen molar-refractivity contribution in [2.45, 2.75) is 39.3 Å². The van der Waals surface area contributed by atoms with E-state index in [1.54, 1.807) is 0 Å². The fourth-order valence-electron chi connectivity index (χ4n) is 5.08. The number of ether oxygens (including phenoxy) is 1. The Bertz CT molecular complexity index is 1190. The summed E-state index contributed by atoms with van der Waals surface area (Å²) in [5.74, 6) is 0.518. The number of nitrogens with one attached hydrogen (secondary N) is 1. The summed E-state index contributed by atoms with van der Waals surface area (Å²) in [6.45, 7) is 7.14. The van der Waals surface area contributed by atoms with Crippen LogP contribution in [-0.2, 0) is 25.7 Å². The number of carboxylic acid groups (broad SMARTS) is 2. The average Bonchev–Trinajstić information content (AvgIpc) is 3.50. The summed E-state index contributed by atoms with van der Waals surface area (Å²) in [6.07, 6.45) is 2.14. The van der Waals surface area contributed by atoms with Crippen molar-refractivity contribution >= 4 is 41.7 Å². The highest BCUT2D eigenvalue weighted by Crippen LogP contribution is 2.36. The van der Waals surface area contributed by atoms with Gasteiger partial charge in [0.1, 0.15) is 13.1 Å². The number of carbonyl (C=O) groups excluding carboxylic acids is 3. The molecule has 3 aliphatic rings. The lowest BCUT2D eigenvalue weighted by molar-refractivity contribution is -0.938. The molecule has 3 fully saturated rings. The maximum atomic E-state index is 12.4. The van der Waals surface area contributed by atoms with Crippen molar-refractivity contribution in [3.8, 4) is 0 Å². The number of hydrogen-bond donors (Lipinski definition) is 2. The molecule has 3 aliphatic heterocycles. The number of carbonyl (C=O) groups is 4. The molecule has 2 N–H and O–H groups in total. The Morgan fingerprint density at radius 1 is 1.05 bits per heavy atom. The second-order valence-electron chi connectivity index (χ2n) is 9.92. The van der Waals surface area contributed by atoms with Crippen LogP contribution in [0.5, 0.6) is 0 Å². The third kappa shape index (κ3) is 11.5. The number of thiophene rings is 1. The molecule has 2 bridgehead atoms. The molecule has 4 heterocycles. The van der Waals surface area contributed by atoms with E-state index in [1.165, 1.54) is 29.4 Å². The molecule has 9 nitrogen and oxygen atoms in total. The Kier molecular flexibility index (Phi) is 14.3. The molecule has 10 heteroatoms. The minimum atomic E-state index is -0.500. The van der Waals surface area contributed by atoms with Crippen LogP contribution in [-0.4, -0.2) is 66.6 Å². The minimum Gasteiger partial charge on any atom is -0.554 e. The lowest BCUT2D eigenvalue weighted by Crippen LogP contribution is -2.65. The first-order valence-corrected chi connectivity index (χ1v) is 14.2. The number of Topliss-reactive ketones (excluding diaryl/α,β-unsaturated/α-hetero) is 1. The number of nitrogens with zero attached hydrogens (tertiary/aromatic N) is 1. The summed E-state index contributed by atoms with van der Waals surface area (Å²) in [6, 6.07) is 22.7. The smallest absolute Gasteiger partial charge is 0.303 e. The average molecular weight is 583 g/mol. The van der Waals surface area contributed by atoms with E-state index in [0.717, 1.165) is 54.1 Å². The number of benzene rings is 2. The summed E-state index contributed by atoms with van der Waals surface area (Å²) >= 11 is 1.51. The first-order chi connectivity index (χ1) is 19.8. The molecule has 1 atom stereocenters. The van der Waals surface area contributed by atoms with E-state index in [0.29, 0.717) is 12.5 Å². The highest BCUT2D eigenvalue weighted by atomic mass is 32.1. The predicted molar refractivity (Wildman–Crippen MR) is 156 cm³/mol. The van der Waals surface area contributed by atoms with Crippen LogP contribution in [0, 0.1) is 12.8 Å². The van der Waals surface area contributed by atoms with Crippen LogP contribution in [0.25, 0.3) is 0 Å². The normalized spacial score (nSPS) is 19.9. The molecule has 2 aromatic carbocycles. The van der Waals surface area contributed by atoms with E-state index in [9.17, 15) is 9.59 Å². The fourth-order valence-corrected chi connectivity index (χ4v) is 5.73. The maximum Gasteiger partial charge on any atom is 0.303 e. The Hall–Kier alpha value is -4.02. The standard InChI is InChI=1S/C15H20NO3S.C14H15N.2CH2O2/c1-11(17)19-14-10-16(6-4-12(14)5-7-16)9-13(18)15-3-2-8-20-15;1-12-7-9-13(10-8-12)11-15-14-5-3-2-4-6-14;2*2-1-3/h2-3,8,12,14H,4-7,9-10H2,1H3;2-10,15H,11H2,1H3;2*1H,(H,2,3)/q+1;;;/p-1. The summed E-state index contributed by atoms with van der Waals surface area (Å²) in [7, 11) is 0. The van der Waals surface area contributed by atoms with Crippen LogP contribution in [0.3, 0.4) is 0 Å². The molecule has 1 unspecified atom stereocenters. The number of piperidine rings is 3. The lowest BCUT2D eigenvalue weighted by atomic mass is 9.83. The second kappa shape index (κ2) is 17.6. The van der Waals surface area contributed by atoms with Gasteiger partial charge in [-0.05, 0) is 36.1 Å². The van der Waals surface area contributed by atoms with Gasteiger partial charge in [-0.25, -0.2) is 0 Å². The monoisotopic (exact) mass is 582 g/mol. The molecule has 6 rings (SSSR count). The van der Waals surface area contributed by atoms with Crippen LogP contribution >= 0.6 is 11.3 Å². The fraction of sp³-hybridized carbons (Fsp3) is 0.355. The topological polar surface area (TPSA) is 133 Å². The zero-order valence-corrected chi connectivity index (χ0v) is 24.3. The molecule has 220 valence electrons. The van der Waals surface area contributed by atoms with E-state index >= 15 is 0 Å². The van der Waals surface area contributed by atoms with E-state index in [1.807, 2.05) is 35.7 Å². The second-order valence-corrected chi connectivity index (χ2v) is 10.9. The van der Waals surface area contributed by atoms with Crippen LogP contribution < -0.4 is 10.4 Å². The van der Waals surface area contributed by atoms with Crippen molar-refractivity contribution in [2.75, 3.05) is 31.5 Å². The van der Waals surface area contributed by atoms with Gasteiger partial charge in [-0.1, -0.05) is 54.1 Å². The summed E-state index contributed by atoms with van der Waals surface area (Å²) in [5.41, 5.74) is 3.78. The third-order valence-corrected chi connectivity index (χ3v) is 7.94. The molecule has 0 radical (unpaired) electrons. The van der Waals surface area contributed by atoms with Gasteiger partial charge in [0.05, 0.1) is 18.0 Å². The van der Waals surface area contributed by atoms with E-state index in [-0.39, 0.29) is 24.3 Å². The van der Waals surface area contributed by atoms with Crippen molar-refractivity contribution in [1.29, 1.82) is 0 Å². The van der Waals surface area contributed by atoms with Crippen LogP contribution in [0.1, 0.15) is 40.6 Å². The predicted octanol–water partition coefficient (Wildman–Crippen LogP) is 3.78. The van der Waals surface area contributed by atoms with Crippen molar-refractivity contribution in [3.05, 3.63) is 88.1 Å². The van der Waals surface area contributed by atoms with Crippen molar-refractivity contribution in [1.82, 2.24) is 0 Å². The number of fused-ring (bicyclic) bond motifs is 3. The highest BCUT2D eigenvalue weighted by molar-refractivity contribution is 7.12. The number of ketones is 1. The molecule has 3 saturated heterocycles. The van der Waals surface area contributed by atoms with Crippen LogP contribution in [0.2, 0.25) is 0 Å². The van der Waals surface area contributed by atoms with E-state index in [2.05, 4.69) is 48.6 Å². The van der Waals surface area contributed by atoms with Crippen LogP contribution in [0.4, 0.5) is 5.69 Å². The third-order valence-electron chi connectivity index (χ3n) is 7.02. The van der Waals surface area contributed by atoms with Gasteiger partial charge in [0.2, 0.25) is 5.78 Å². The molecule has 0 saturated carbocycles. The number of quaternary nitrogens is 1. The van der Waals surface area contributed by atoms with Gasteiger partial charge >= 0.3 is 5.97 Å². The Labute approximate surface area is 245 Å².